The number of nitrogens with two attached hydrogens (primary N) is 1. The Kier molecular flexibility index (Phi) is 5.83. The fourth-order valence-electron chi connectivity index (χ4n) is 0.836. The maximum absolute atomic E-state index is 11.4. The molecule has 90 valence electrons. The molecule has 0 radical (unpaired) electrons. The van der Waals surface area contributed by atoms with Crippen LogP contribution in [0.15, 0.2) is 0 Å². The number of amides is 1. The largest absolute Gasteiger partial charge is 0.327 e. The molecule has 0 aliphatic rings. The van der Waals surface area contributed by atoms with Crippen molar-refractivity contribution in [1.29, 1.82) is 0 Å². The summed E-state index contributed by atoms with van der Waals surface area (Å²) >= 11 is 0. The van der Waals surface area contributed by atoms with Gasteiger partial charge < -0.3 is 5.73 Å². The molecule has 15 heavy (non-hydrogen) atoms. The molecule has 0 bridgehead atoms. The molecule has 4 heteroatoms. The normalized spacial score (nSPS) is 14.1. The van der Waals surface area contributed by atoms with Crippen LogP contribution in [0.3, 0.4) is 0 Å². The second-order valence-electron chi connectivity index (χ2n) is 5.41. The first-order valence-electron chi connectivity index (χ1n) is 5.39. The van der Waals surface area contributed by atoms with Crippen molar-refractivity contribution in [3.63, 3.8) is 0 Å². The van der Waals surface area contributed by atoms with E-state index in [1.807, 2.05) is 34.6 Å². The topological polar surface area (TPSA) is 64.3 Å². The summed E-state index contributed by atoms with van der Waals surface area (Å²) in [7, 11) is 0. The standard InChI is InChI=1S/C11H24N2O2/c1-8(2)7-15-13-10(14)6-9(12)11(3,4)5/h8-9H,6-7,12H2,1-5H3,(H,13,14). The van der Waals surface area contributed by atoms with Crippen molar-refractivity contribution in [2.75, 3.05) is 6.61 Å². The van der Waals surface area contributed by atoms with E-state index >= 15 is 0 Å². The Hall–Kier alpha value is -0.610. The minimum absolute atomic E-state index is 0.0601. The Labute approximate surface area is 92.5 Å². The van der Waals surface area contributed by atoms with Crippen molar-refractivity contribution in [3.8, 4) is 0 Å². The van der Waals surface area contributed by atoms with E-state index in [1.54, 1.807) is 0 Å². The summed E-state index contributed by atoms with van der Waals surface area (Å²) in [5.74, 6) is 0.250. The van der Waals surface area contributed by atoms with Gasteiger partial charge in [0.05, 0.1) is 6.61 Å². The van der Waals surface area contributed by atoms with Gasteiger partial charge in [-0.25, -0.2) is 5.48 Å². The Morgan fingerprint density at radius 1 is 1.40 bits per heavy atom. The molecule has 0 saturated heterocycles. The van der Waals surface area contributed by atoms with Gasteiger partial charge in [-0.1, -0.05) is 34.6 Å². The minimum atomic E-state index is -0.155. The molecular formula is C11H24N2O2. The lowest BCUT2D eigenvalue weighted by atomic mass is 9.85. The van der Waals surface area contributed by atoms with Crippen LogP contribution >= 0.6 is 0 Å². The molecule has 0 aromatic heterocycles. The van der Waals surface area contributed by atoms with Crippen molar-refractivity contribution in [1.82, 2.24) is 5.48 Å². The quantitative estimate of drug-likeness (QED) is 0.684. The van der Waals surface area contributed by atoms with E-state index in [-0.39, 0.29) is 17.4 Å². The van der Waals surface area contributed by atoms with Crippen LogP contribution in [-0.2, 0) is 9.63 Å². The first kappa shape index (κ1) is 14.4. The van der Waals surface area contributed by atoms with Crippen LogP contribution in [0.2, 0.25) is 0 Å². The molecule has 0 aliphatic carbocycles. The van der Waals surface area contributed by atoms with E-state index in [9.17, 15) is 4.79 Å². The highest BCUT2D eigenvalue weighted by molar-refractivity contribution is 5.75. The zero-order chi connectivity index (χ0) is 12.1. The third-order valence-corrected chi connectivity index (χ3v) is 2.12. The smallest absolute Gasteiger partial charge is 0.245 e. The highest BCUT2D eigenvalue weighted by atomic mass is 16.6. The van der Waals surface area contributed by atoms with Gasteiger partial charge in [0.25, 0.3) is 0 Å². The fourth-order valence-corrected chi connectivity index (χ4v) is 0.836. The molecule has 1 unspecified atom stereocenters. The maximum atomic E-state index is 11.4. The van der Waals surface area contributed by atoms with Crippen molar-refractivity contribution < 1.29 is 9.63 Å². The van der Waals surface area contributed by atoms with E-state index in [0.29, 0.717) is 18.9 Å². The van der Waals surface area contributed by atoms with Crippen molar-refractivity contribution in [3.05, 3.63) is 0 Å². The Morgan fingerprint density at radius 2 is 1.93 bits per heavy atom. The third-order valence-electron chi connectivity index (χ3n) is 2.12. The monoisotopic (exact) mass is 216 g/mol. The maximum Gasteiger partial charge on any atom is 0.245 e. The number of rotatable bonds is 5. The van der Waals surface area contributed by atoms with E-state index in [4.69, 9.17) is 10.6 Å². The van der Waals surface area contributed by atoms with Crippen LogP contribution in [0.5, 0.6) is 0 Å². The molecule has 0 rings (SSSR count). The summed E-state index contributed by atoms with van der Waals surface area (Å²) in [6, 6.07) is -0.153. The lowest BCUT2D eigenvalue weighted by Gasteiger charge is -2.26. The SMILES string of the molecule is CC(C)CONC(=O)CC(N)C(C)(C)C. The number of hydrogen-bond acceptors (Lipinski definition) is 3. The van der Waals surface area contributed by atoms with Gasteiger partial charge >= 0.3 is 0 Å². The summed E-state index contributed by atoms with van der Waals surface area (Å²) in [4.78, 5) is 16.4. The molecule has 0 aromatic rings. The van der Waals surface area contributed by atoms with Crippen molar-refractivity contribution in [2.24, 2.45) is 17.1 Å². The van der Waals surface area contributed by atoms with Gasteiger partial charge in [0.15, 0.2) is 0 Å². The molecule has 0 fully saturated rings. The molecule has 0 aromatic carbocycles. The average molecular weight is 216 g/mol. The van der Waals surface area contributed by atoms with Gasteiger partial charge in [0.1, 0.15) is 0 Å². The van der Waals surface area contributed by atoms with Crippen LogP contribution in [0.25, 0.3) is 0 Å². The number of nitrogens with one attached hydrogen (secondary N) is 1. The van der Waals surface area contributed by atoms with Crippen LogP contribution in [-0.4, -0.2) is 18.6 Å². The predicted molar refractivity (Wildman–Crippen MR) is 61.0 cm³/mol. The van der Waals surface area contributed by atoms with Gasteiger partial charge in [-0.2, -0.15) is 0 Å². The van der Waals surface area contributed by atoms with Crippen LogP contribution in [0.4, 0.5) is 0 Å². The van der Waals surface area contributed by atoms with Crippen molar-refractivity contribution >= 4 is 5.91 Å². The lowest BCUT2D eigenvalue weighted by molar-refractivity contribution is -0.135. The van der Waals surface area contributed by atoms with E-state index in [0.717, 1.165) is 0 Å². The summed E-state index contributed by atoms with van der Waals surface area (Å²) in [6.07, 6.45) is 0.293. The second kappa shape index (κ2) is 6.08. The summed E-state index contributed by atoms with van der Waals surface area (Å²) in [5.41, 5.74) is 8.20. The second-order valence-corrected chi connectivity index (χ2v) is 5.41. The van der Waals surface area contributed by atoms with Gasteiger partial charge in [0.2, 0.25) is 5.91 Å². The molecular weight excluding hydrogens is 192 g/mol. The summed E-state index contributed by atoms with van der Waals surface area (Å²) in [5, 5.41) is 0. The summed E-state index contributed by atoms with van der Waals surface area (Å²) < 4.78 is 0. The Morgan fingerprint density at radius 3 is 2.33 bits per heavy atom. The molecule has 0 spiro atoms. The van der Waals surface area contributed by atoms with Gasteiger partial charge in [0, 0.05) is 12.5 Å². The van der Waals surface area contributed by atoms with E-state index in [2.05, 4.69) is 5.48 Å². The molecule has 4 nitrogen and oxygen atoms in total. The van der Waals surface area contributed by atoms with Crippen LogP contribution < -0.4 is 11.2 Å². The minimum Gasteiger partial charge on any atom is -0.327 e. The van der Waals surface area contributed by atoms with Gasteiger partial charge in [-0.05, 0) is 11.3 Å². The molecule has 1 atom stereocenters. The average Bonchev–Trinajstić information content (AvgIpc) is 2.01. The van der Waals surface area contributed by atoms with Crippen LogP contribution in [0, 0.1) is 11.3 Å². The molecule has 3 N–H and O–H groups in total. The Bertz CT molecular complexity index is 197. The zero-order valence-corrected chi connectivity index (χ0v) is 10.5. The molecule has 1 amide bonds. The molecule has 0 heterocycles. The Balaban J connectivity index is 3.75. The highest BCUT2D eigenvalue weighted by Gasteiger charge is 2.23. The van der Waals surface area contributed by atoms with Gasteiger partial charge in [-0.15, -0.1) is 0 Å². The van der Waals surface area contributed by atoms with E-state index < -0.39 is 0 Å². The number of carbonyl (C=O) groups is 1. The number of carbonyl (C=O) groups excluding carboxylic acids is 1. The van der Waals surface area contributed by atoms with E-state index in [1.165, 1.54) is 0 Å². The molecule has 0 aliphatic heterocycles. The summed E-state index contributed by atoms with van der Waals surface area (Å²) in [6.45, 7) is 10.6. The zero-order valence-electron chi connectivity index (χ0n) is 10.5. The van der Waals surface area contributed by atoms with Crippen LogP contribution in [0.1, 0.15) is 41.0 Å². The first-order chi connectivity index (χ1) is 6.73. The molecule has 0 saturated carbocycles. The lowest BCUT2D eigenvalue weighted by Crippen LogP contribution is -2.40. The fraction of sp³-hybridized carbons (Fsp3) is 0.909. The third kappa shape index (κ3) is 7.33. The number of hydroxylamine groups is 1. The van der Waals surface area contributed by atoms with Gasteiger partial charge in [-0.3, -0.25) is 9.63 Å². The highest BCUT2D eigenvalue weighted by Crippen LogP contribution is 2.19. The number of hydrogen-bond donors (Lipinski definition) is 2. The van der Waals surface area contributed by atoms with Crippen molar-refractivity contribution in [2.45, 2.75) is 47.1 Å². The first-order valence-corrected chi connectivity index (χ1v) is 5.39. The predicted octanol–water partition coefficient (Wildman–Crippen LogP) is 1.45.